The third-order valence-electron chi connectivity index (χ3n) is 1.51. The summed E-state index contributed by atoms with van der Waals surface area (Å²) >= 11 is 0. The van der Waals surface area contributed by atoms with Crippen LogP contribution in [0.25, 0.3) is 0 Å². The van der Waals surface area contributed by atoms with Crippen LogP contribution in [0.2, 0.25) is 0 Å². The Bertz CT molecular complexity index is 297. The van der Waals surface area contributed by atoms with Gasteiger partial charge >= 0.3 is 0 Å². The highest BCUT2D eigenvalue weighted by atomic mass is 14.5. The van der Waals surface area contributed by atoms with Gasteiger partial charge in [-0.25, -0.2) is 0 Å². The molecule has 0 aromatic rings. The molecule has 1 nitrogen and oxygen atoms in total. The van der Waals surface area contributed by atoms with Gasteiger partial charge in [0.25, 0.3) is 0 Å². The Kier molecular flexibility index (Phi) is 6.21. The SMILES string of the molecule is C=C(/C=C\C=C(/C)N)/C=C(C)/C=C\C. The largest absolute Gasteiger partial charge is 0.402 e. The van der Waals surface area contributed by atoms with E-state index in [-0.39, 0.29) is 0 Å². The van der Waals surface area contributed by atoms with Gasteiger partial charge in [-0.3, -0.25) is 0 Å². The molecule has 0 aliphatic carbocycles. The van der Waals surface area contributed by atoms with Gasteiger partial charge in [0, 0.05) is 5.70 Å². The second kappa shape index (κ2) is 6.96. The van der Waals surface area contributed by atoms with Gasteiger partial charge in [0.05, 0.1) is 0 Å². The van der Waals surface area contributed by atoms with Crippen LogP contribution in [0.4, 0.5) is 0 Å². The number of allylic oxidation sites excluding steroid dienone is 9. The van der Waals surface area contributed by atoms with Gasteiger partial charge < -0.3 is 5.73 Å². The molecule has 1 heteroatoms. The van der Waals surface area contributed by atoms with Gasteiger partial charge in [0.2, 0.25) is 0 Å². The molecule has 0 unspecified atom stereocenters. The summed E-state index contributed by atoms with van der Waals surface area (Å²) in [5.41, 5.74) is 8.44. The van der Waals surface area contributed by atoms with Gasteiger partial charge in [0.1, 0.15) is 0 Å². The van der Waals surface area contributed by atoms with E-state index in [1.807, 2.05) is 57.2 Å². The van der Waals surface area contributed by atoms with Gasteiger partial charge in [0.15, 0.2) is 0 Å². The maximum absolute atomic E-state index is 5.48. The highest BCUT2D eigenvalue weighted by Gasteiger charge is 1.83. The molecule has 2 N–H and O–H groups in total. The van der Waals surface area contributed by atoms with Crippen LogP contribution in [-0.2, 0) is 0 Å². The molecule has 0 saturated heterocycles. The second-order valence-electron chi connectivity index (χ2n) is 3.23. The van der Waals surface area contributed by atoms with Crippen LogP contribution >= 0.6 is 0 Å². The Hall–Kier alpha value is -1.50. The lowest BCUT2D eigenvalue weighted by Crippen LogP contribution is -1.87. The quantitative estimate of drug-likeness (QED) is 0.673. The number of hydrogen-bond acceptors (Lipinski definition) is 1. The zero-order chi connectivity index (χ0) is 11.0. The molecule has 0 saturated carbocycles. The minimum atomic E-state index is 0.795. The lowest BCUT2D eigenvalue weighted by molar-refractivity contribution is 1.32. The van der Waals surface area contributed by atoms with Gasteiger partial charge in [-0.2, -0.15) is 0 Å². The van der Waals surface area contributed by atoms with Crippen molar-refractivity contribution in [1.29, 1.82) is 0 Å². The molecule has 0 atom stereocenters. The summed E-state index contributed by atoms with van der Waals surface area (Å²) in [4.78, 5) is 0. The van der Waals surface area contributed by atoms with E-state index in [1.165, 1.54) is 5.57 Å². The molecular weight excluding hydrogens is 170 g/mol. The lowest BCUT2D eigenvalue weighted by Gasteiger charge is -1.92. The minimum absolute atomic E-state index is 0.795. The standard InChI is InChI=1S/C13H19N/c1-5-7-11(2)10-12(3)8-6-9-13(4)14/h5-10H,3,14H2,1-2,4H3/b7-5-,8-6-,11-10+,13-9+. The zero-order valence-electron chi connectivity index (χ0n) is 9.25. The summed E-state index contributed by atoms with van der Waals surface area (Å²) in [6.07, 6.45) is 11.8. The van der Waals surface area contributed by atoms with E-state index in [9.17, 15) is 0 Å². The van der Waals surface area contributed by atoms with Gasteiger partial charge in [-0.05, 0) is 32.4 Å². The average molecular weight is 189 g/mol. The molecule has 0 heterocycles. The van der Waals surface area contributed by atoms with Crippen LogP contribution in [0.15, 0.2) is 59.9 Å². The van der Waals surface area contributed by atoms with Crippen molar-refractivity contribution in [2.75, 3.05) is 0 Å². The summed E-state index contributed by atoms with van der Waals surface area (Å²) in [6, 6.07) is 0. The Morgan fingerprint density at radius 3 is 2.36 bits per heavy atom. The van der Waals surface area contributed by atoms with E-state index in [0.29, 0.717) is 0 Å². The highest BCUT2D eigenvalue weighted by molar-refractivity contribution is 5.35. The second-order valence-corrected chi connectivity index (χ2v) is 3.23. The summed E-state index contributed by atoms with van der Waals surface area (Å²) in [5.74, 6) is 0. The van der Waals surface area contributed by atoms with Crippen LogP contribution in [0.5, 0.6) is 0 Å². The number of rotatable bonds is 4. The molecule has 0 aromatic carbocycles. The van der Waals surface area contributed by atoms with Crippen molar-refractivity contribution in [1.82, 2.24) is 0 Å². The van der Waals surface area contributed by atoms with E-state index in [2.05, 4.69) is 6.58 Å². The zero-order valence-corrected chi connectivity index (χ0v) is 9.25. The molecule has 0 aromatic heterocycles. The van der Waals surface area contributed by atoms with Crippen LogP contribution in [0.1, 0.15) is 20.8 Å². The molecule has 0 amide bonds. The summed E-state index contributed by atoms with van der Waals surface area (Å²) in [7, 11) is 0. The van der Waals surface area contributed by atoms with Crippen molar-refractivity contribution in [2.45, 2.75) is 20.8 Å². The number of nitrogens with two attached hydrogens (primary N) is 1. The third-order valence-corrected chi connectivity index (χ3v) is 1.51. The smallest absolute Gasteiger partial charge is 0.00488 e. The first-order valence-electron chi connectivity index (χ1n) is 4.66. The molecule has 76 valence electrons. The van der Waals surface area contributed by atoms with Crippen molar-refractivity contribution in [3.8, 4) is 0 Å². The predicted molar refractivity (Wildman–Crippen MR) is 64.8 cm³/mol. The first-order valence-corrected chi connectivity index (χ1v) is 4.66. The van der Waals surface area contributed by atoms with Crippen molar-refractivity contribution in [3.63, 3.8) is 0 Å². The normalized spacial score (nSPS) is 14.2. The lowest BCUT2D eigenvalue weighted by atomic mass is 10.1. The fraction of sp³-hybridized carbons (Fsp3) is 0.231. The predicted octanol–water partition coefficient (Wildman–Crippen LogP) is 3.48. The number of hydrogen-bond donors (Lipinski definition) is 1. The molecule has 0 spiro atoms. The molecule has 0 rings (SSSR count). The molecular formula is C13H19N. The van der Waals surface area contributed by atoms with Crippen molar-refractivity contribution < 1.29 is 0 Å². The van der Waals surface area contributed by atoms with Crippen LogP contribution in [0.3, 0.4) is 0 Å². The van der Waals surface area contributed by atoms with Crippen molar-refractivity contribution in [2.24, 2.45) is 5.73 Å². The maximum Gasteiger partial charge on any atom is 0.00488 e. The van der Waals surface area contributed by atoms with Crippen LogP contribution in [-0.4, -0.2) is 0 Å². The van der Waals surface area contributed by atoms with Crippen LogP contribution < -0.4 is 5.73 Å². The van der Waals surface area contributed by atoms with E-state index in [4.69, 9.17) is 5.73 Å². The summed E-state index contributed by atoms with van der Waals surface area (Å²) in [5, 5.41) is 0. The van der Waals surface area contributed by atoms with E-state index >= 15 is 0 Å². The van der Waals surface area contributed by atoms with Crippen molar-refractivity contribution >= 4 is 0 Å². The molecule has 0 aliphatic heterocycles. The Balaban J connectivity index is 4.30. The molecule has 0 fully saturated rings. The summed E-state index contributed by atoms with van der Waals surface area (Å²) in [6.45, 7) is 9.80. The van der Waals surface area contributed by atoms with E-state index in [1.54, 1.807) is 0 Å². The minimum Gasteiger partial charge on any atom is -0.402 e. The molecule has 0 aliphatic rings. The van der Waals surface area contributed by atoms with Gasteiger partial charge in [-0.1, -0.05) is 42.5 Å². The van der Waals surface area contributed by atoms with Crippen LogP contribution in [0, 0.1) is 0 Å². The molecule has 0 bridgehead atoms. The highest BCUT2D eigenvalue weighted by Crippen LogP contribution is 2.03. The van der Waals surface area contributed by atoms with Crippen molar-refractivity contribution in [3.05, 3.63) is 59.9 Å². The first kappa shape index (κ1) is 12.5. The Labute approximate surface area is 87.0 Å². The monoisotopic (exact) mass is 189 g/mol. The average Bonchev–Trinajstić information content (AvgIpc) is 2.03. The van der Waals surface area contributed by atoms with E-state index in [0.717, 1.165) is 11.3 Å². The topological polar surface area (TPSA) is 26.0 Å². The maximum atomic E-state index is 5.48. The fourth-order valence-corrected chi connectivity index (χ4v) is 0.975. The first-order chi connectivity index (χ1) is 6.56. The third kappa shape index (κ3) is 7.17. The molecule has 14 heavy (non-hydrogen) atoms. The van der Waals surface area contributed by atoms with E-state index < -0.39 is 0 Å². The van der Waals surface area contributed by atoms with Gasteiger partial charge in [-0.15, -0.1) is 0 Å². The Morgan fingerprint density at radius 1 is 1.21 bits per heavy atom. The molecule has 0 radical (unpaired) electrons. The fourth-order valence-electron chi connectivity index (χ4n) is 0.975. The Morgan fingerprint density at radius 2 is 1.86 bits per heavy atom. The summed E-state index contributed by atoms with van der Waals surface area (Å²) < 4.78 is 0.